The number of rotatable bonds is 9. The van der Waals surface area contributed by atoms with Gasteiger partial charge in [-0.1, -0.05) is 0 Å². The third kappa shape index (κ3) is 4.38. The van der Waals surface area contributed by atoms with Crippen molar-refractivity contribution in [2.45, 2.75) is 56.6 Å². The Bertz CT molecular complexity index is 1180. The summed E-state index contributed by atoms with van der Waals surface area (Å²) in [5.41, 5.74) is 1.50. The minimum absolute atomic E-state index is 0.0875. The van der Waals surface area contributed by atoms with Crippen molar-refractivity contribution in [1.82, 2.24) is 18.8 Å². The van der Waals surface area contributed by atoms with Gasteiger partial charge in [0, 0.05) is 39.5 Å². The minimum atomic E-state index is -3.53. The third-order valence-electron chi connectivity index (χ3n) is 5.67. The maximum atomic E-state index is 13.0. The van der Waals surface area contributed by atoms with Gasteiger partial charge < -0.3 is 13.9 Å². The van der Waals surface area contributed by atoms with Gasteiger partial charge in [0.15, 0.2) is 0 Å². The van der Waals surface area contributed by atoms with Crippen molar-refractivity contribution in [3.8, 4) is 0 Å². The highest BCUT2D eigenvalue weighted by Crippen LogP contribution is 2.29. The van der Waals surface area contributed by atoms with Crippen LogP contribution >= 0.6 is 0 Å². The molecule has 4 rings (SSSR count). The lowest BCUT2D eigenvalue weighted by Gasteiger charge is -2.21. The molecule has 2 heterocycles. The zero-order valence-electron chi connectivity index (χ0n) is 18.1. The summed E-state index contributed by atoms with van der Waals surface area (Å²) in [4.78, 5) is 19.8. The number of benzene rings is 1. The topological polar surface area (TPSA) is 88.6 Å². The van der Waals surface area contributed by atoms with E-state index in [9.17, 15) is 13.2 Å². The molecule has 1 aromatic carbocycles. The van der Waals surface area contributed by atoms with E-state index in [0.717, 1.165) is 29.9 Å². The average molecular weight is 445 g/mol. The number of aromatic nitrogens is 2. The molecule has 0 N–H and O–H groups in total. The Morgan fingerprint density at radius 1 is 1.26 bits per heavy atom. The van der Waals surface area contributed by atoms with E-state index in [4.69, 9.17) is 4.42 Å². The number of carbonyl (C=O) groups is 1. The Morgan fingerprint density at radius 3 is 2.65 bits per heavy atom. The van der Waals surface area contributed by atoms with Gasteiger partial charge in [-0.3, -0.25) is 4.79 Å². The Morgan fingerprint density at radius 2 is 2.03 bits per heavy atom. The van der Waals surface area contributed by atoms with Crippen molar-refractivity contribution >= 4 is 27.0 Å². The van der Waals surface area contributed by atoms with Crippen LogP contribution in [-0.2, 0) is 34.3 Å². The second-order valence-corrected chi connectivity index (χ2v) is 10.2. The van der Waals surface area contributed by atoms with Gasteiger partial charge in [0.2, 0.25) is 15.9 Å². The second-order valence-electron chi connectivity index (χ2n) is 8.04. The largest absolute Gasteiger partial charge is 0.467 e. The van der Waals surface area contributed by atoms with Crippen molar-refractivity contribution < 1.29 is 17.6 Å². The number of hydrogen-bond acceptors (Lipinski definition) is 5. The van der Waals surface area contributed by atoms with Gasteiger partial charge in [-0.25, -0.2) is 17.7 Å². The highest BCUT2D eigenvalue weighted by atomic mass is 32.2. The predicted molar refractivity (Wildman–Crippen MR) is 117 cm³/mol. The van der Waals surface area contributed by atoms with Crippen LogP contribution in [0.3, 0.4) is 0 Å². The molecule has 0 spiro atoms. The highest BCUT2D eigenvalue weighted by molar-refractivity contribution is 7.89. The standard InChI is InChI=1S/C22H28N4O4S/c1-4-25-20-10-9-18(31(28,29)24(2)3)14-19(20)23-21(25)11-12-22(27)26(16-7-8-16)15-17-6-5-13-30-17/h5-6,9-10,13-14,16H,4,7-8,11-12,15H2,1-3H3. The van der Waals surface area contributed by atoms with Gasteiger partial charge >= 0.3 is 0 Å². The first kappa shape index (κ1) is 21.6. The lowest BCUT2D eigenvalue weighted by molar-refractivity contribution is -0.132. The maximum absolute atomic E-state index is 13.0. The van der Waals surface area contributed by atoms with Crippen molar-refractivity contribution in [3.05, 3.63) is 48.2 Å². The third-order valence-corrected chi connectivity index (χ3v) is 7.48. The van der Waals surface area contributed by atoms with Crippen LogP contribution in [0.4, 0.5) is 0 Å². The van der Waals surface area contributed by atoms with E-state index in [0.29, 0.717) is 37.5 Å². The van der Waals surface area contributed by atoms with Crippen LogP contribution in [0, 0.1) is 0 Å². The van der Waals surface area contributed by atoms with Crippen LogP contribution in [0.2, 0.25) is 0 Å². The number of imidazole rings is 1. The predicted octanol–water partition coefficient (Wildman–Crippen LogP) is 3.02. The molecule has 0 radical (unpaired) electrons. The molecule has 1 amide bonds. The number of carbonyl (C=O) groups excluding carboxylic acids is 1. The molecule has 1 saturated carbocycles. The number of amides is 1. The van der Waals surface area contributed by atoms with Crippen molar-refractivity contribution in [2.24, 2.45) is 0 Å². The first-order valence-corrected chi connectivity index (χ1v) is 12.0. The number of sulfonamides is 1. The van der Waals surface area contributed by atoms with Crippen molar-refractivity contribution in [1.29, 1.82) is 0 Å². The monoisotopic (exact) mass is 444 g/mol. The van der Waals surface area contributed by atoms with Gasteiger partial charge in [-0.2, -0.15) is 0 Å². The van der Waals surface area contributed by atoms with E-state index < -0.39 is 10.0 Å². The SMILES string of the molecule is CCn1c(CCC(=O)N(Cc2ccco2)C2CC2)nc2cc(S(=O)(=O)N(C)C)ccc21. The lowest BCUT2D eigenvalue weighted by Crippen LogP contribution is -2.32. The van der Waals surface area contributed by atoms with Crippen LogP contribution in [-0.4, -0.2) is 53.2 Å². The number of fused-ring (bicyclic) bond motifs is 1. The molecule has 31 heavy (non-hydrogen) atoms. The fourth-order valence-electron chi connectivity index (χ4n) is 3.81. The lowest BCUT2D eigenvalue weighted by atomic mass is 10.2. The second kappa shape index (κ2) is 8.47. The normalized spacial score (nSPS) is 14.5. The average Bonchev–Trinajstić information content (AvgIpc) is 3.32. The van der Waals surface area contributed by atoms with Crippen molar-refractivity contribution in [2.75, 3.05) is 14.1 Å². The number of nitrogens with zero attached hydrogens (tertiary/aromatic N) is 4. The van der Waals surface area contributed by atoms with Crippen LogP contribution < -0.4 is 0 Å². The molecule has 8 nitrogen and oxygen atoms in total. The Labute approximate surface area is 182 Å². The summed E-state index contributed by atoms with van der Waals surface area (Å²) in [5, 5.41) is 0. The van der Waals surface area contributed by atoms with Gasteiger partial charge in [-0.15, -0.1) is 0 Å². The smallest absolute Gasteiger partial charge is 0.242 e. The quantitative estimate of drug-likeness (QED) is 0.506. The summed E-state index contributed by atoms with van der Waals surface area (Å²) in [6.45, 7) is 3.20. The summed E-state index contributed by atoms with van der Waals surface area (Å²) in [5.74, 6) is 1.67. The number of aryl methyl sites for hydroxylation is 2. The van der Waals surface area contributed by atoms with E-state index in [1.165, 1.54) is 18.4 Å². The molecular weight excluding hydrogens is 416 g/mol. The Kier molecular flexibility index (Phi) is 5.90. The molecule has 0 unspecified atom stereocenters. The molecule has 1 aliphatic rings. The van der Waals surface area contributed by atoms with E-state index >= 15 is 0 Å². The summed E-state index contributed by atoms with van der Waals surface area (Å²) in [6.07, 6.45) is 4.53. The molecule has 1 fully saturated rings. The fourth-order valence-corrected chi connectivity index (χ4v) is 4.74. The fraction of sp³-hybridized carbons (Fsp3) is 0.455. The van der Waals surface area contributed by atoms with Crippen LogP contribution in [0.25, 0.3) is 11.0 Å². The summed E-state index contributed by atoms with van der Waals surface area (Å²) >= 11 is 0. The molecular formula is C22H28N4O4S. The van der Waals surface area contributed by atoms with Crippen molar-refractivity contribution in [3.63, 3.8) is 0 Å². The molecule has 3 aromatic rings. The first-order chi connectivity index (χ1) is 14.8. The molecule has 166 valence electrons. The van der Waals surface area contributed by atoms with E-state index in [1.54, 1.807) is 24.5 Å². The molecule has 0 atom stereocenters. The zero-order chi connectivity index (χ0) is 22.2. The van der Waals surface area contributed by atoms with Crippen LogP contribution in [0.1, 0.15) is 37.8 Å². The van der Waals surface area contributed by atoms with Crippen LogP contribution in [0.15, 0.2) is 45.9 Å². The summed E-state index contributed by atoms with van der Waals surface area (Å²) in [7, 11) is -0.510. The van der Waals surface area contributed by atoms with Gasteiger partial charge in [0.05, 0.1) is 28.7 Å². The van der Waals surface area contributed by atoms with Gasteiger partial charge in [0.1, 0.15) is 11.6 Å². The molecule has 2 aromatic heterocycles. The number of furan rings is 1. The van der Waals surface area contributed by atoms with E-state index in [-0.39, 0.29) is 10.8 Å². The molecule has 0 bridgehead atoms. The highest BCUT2D eigenvalue weighted by Gasteiger charge is 2.33. The molecule has 9 heteroatoms. The van der Waals surface area contributed by atoms with Crippen LogP contribution in [0.5, 0.6) is 0 Å². The van der Waals surface area contributed by atoms with Gasteiger partial charge in [0.25, 0.3) is 0 Å². The summed E-state index contributed by atoms with van der Waals surface area (Å²) in [6, 6.07) is 9.02. The number of hydrogen-bond donors (Lipinski definition) is 0. The van der Waals surface area contributed by atoms with E-state index in [2.05, 4.69) is 4.98 Å². The van der Waals surface area contributed by atoms with E-state index in [1.807, 2.05) is 28.5 Å². The minimum Gasteiger partial charge on any atom is -0.467 e. The Balaban J connectivity index is 1.54. The maximum Gasteiger partial charge on any atom is 0.242 e. The van der Waals surface area contributed by atoms with Gasteiger partial charge in [-0.05, 0) is 50.1 Å². The zero-order valence-corrected chi connectivity index (χ0v) is 18.9. The molecule has 0 aliphatic heterocycles. The summed E-state index contributed by atoms with van der Waals surface area (Å²) < 4.78 is 33.6. The first-order valence-electron chi connectivity index (χ1n) is 10.5. The Hall–Kier alpha value is -2.65. The molecule has 0 saturated heterocycles. The molecule has 1 aliphatic carbocycles.